The first-order valence-electron chi connectivity index (χ1n) is 4.47. The monoisotopic (exact) mass is 186 g/mol. The van der Waals surface area contributed by atoms with Crippen molar-refractivity contribution in [1.29, 1.82) is 0 Å². The van der Waals surface area contributed by atoms with Crippen molar-refractivity contribution < 1.29 is 2.85 Å². The maximum absolute atomic E-state index is 5.98. The second-order valence-corrected chi connectivity index (χ2v) is 4.02. The van der Waals surface area contributed by atoms with Crippen LogP contribution in [0.5, 0.6) is 0 Å². The molecule has 0 aliphatic heterocycles. The molecule has 2 heteroatoms. The molecule has 0 aromatic rings. The largest absolute Gasteiger partial charge is 2.00 e. The summed E-state index contributed by atoms with van der Waals surface area (Å²) in [5.74, 6) is 1.000. The zero-order valence-corrected chi connectivity index (χ0v) is 9.65. The van der Waals surface area contributed by atoms with Crippen LogP contribution >= 0.6 is 11.6 Å². The van der Waals surface area contributed by atoms with Crippen molar-refractivity contribution in [2.45, 2.75) is 50.8 Å². The Balaban J connectivity index is -0.000000333. The Kier molecular flexibility index (Phi) is 7.19. The molecule has 0 bridgehead atoms. The van der Waals surface area contributed by atoms with Crippen molar-refractivity contribution in [2.75, 3.05) is 0 Å². The van der Waals surface area contributed by atoms with Crippen molar-refractivity contribution >= 4 is 34.7 Å². The topological polar surface area (TPSA) is 0 Å². The first-order valence-corrected chi connectivity index (χ1v) is 4.90. The van der Waals surface area contributed by atoms with E-state index in [0.29, 0.717) is 5.38 Å². The molecular weight excluding hydrogens is 168 g/mol. The van der Waals surface area contributed by atoms with Gasteiger partial charge in [0.05, 0.1) is 0 Å². The number of hydrogen-bond donors (Lipinski definition) is 0. The quantitative estimate of drug-likeness (QED) is 0.458. The van der Waals surface area contributed by atoms with Crippen LogP contribution in [0.1, 0.15) is 48.3 Å². The van der Waals surface area contributed by atoms with Crippen LogP contribution in [-0.2, 0) is 0 Å². The zero-order valence-electron chi connectivity index (χ0n) is 9.48. The molecule has 0 N–H and O–H groups in total. The third kappa shape index (κ3) is 4.59. The van der Waals surface area contributed by atoms with Crippen LogP contribution in [-0.4, -0.2) is 28.4 Å². The van der Waals surface area contributed by atoms with Crippen LogP contribution in [0, 0.1) is 5.92 Å². The van der Waals surface area contributed by atoms with Gasteiger partial charge >= 0.3 is 23.1 Å². The fourth-order valence-electron chi connectivity index (χ4n) is 1.82. The first kappa shape index (κ1) is 12.1. The van der Waals surface area contributed by atoms with Crippen LogP contribution in [0.2, 0.25) is 0 Å². The molecule has 0 spiro atoms. The summed E-state index contributed by atoms with van der Waals surface area (Å²) in [6.45, 7) is 2.27. The Labute approximate surface area is 94.2 Å². The average Bonchev–Trinajstić information content (AvgIpc) is 1.95. The van der Waals surface area contributed by atoms with E-state index in [1.165, 1.54) is 38.5 Å². The van der Waals surface area contributed by atoms with E-state index in [1.54, 1.807) is 0 Å². The number of halogens is 1. The van der Waals surface area contributed by atoms with Gasteiger partial charge in [0.25, 0.3) is 0 Å². The van der Waals surface area contributed by atoms with Gasteiger partial charge in [-0.2, -0.15) is 0 Å². The van der Waals surface area contributed by atoms with Crippen molar-refractivity contribution in [3.8, 4) is 0 Å². The second kappa shape index (κ2) is 6.56. The van der Waals surface area contributed by atoms with Gasteiger partial charge in [0.2, 0.25) is 0 Å². The van der Waals surface area contributed by atoms with Crippen LogP contribution in [0.4, 0.5) is 0 Å². The minimum absolute atomic E-state index is 0. The molecule has 1 aliphatic carbocycles. The number of rotatable bonds is 2. The molecule has 0 nitrogen and oxygen atoms in total. The molecule has 64 valence electrons. The first-order chi connectivity index (χ1) is 4.83. The second-order valence-electron chi connectivity index (χ2n) is 3.41. The normalized spacial score (nSPS) is 31.1. The zero-order chi connectivity index (χ0) is 7.40. The summed E-state index contributed by atoms with van der Waals surface area (Å²) in [6, 6.07) is 0. The molecule has 1 aliphatic rings. The minimum Gasteiger partial charge on any atom is -1.00 e. The van der Waals surface area contributed by atoms with Gasteiger partial charge in [-0.1, -0.05) is 19.8 Å². The number of hydrogen-bond acceptors (Lipinski definition) is 0. The molecule has 0 aromatic heterocycles. The molecule has 1 fully saturated rings. The van der Waals surface area contributed by atoms with Crippen molar-refractivity contribution in [1.82, 2.24) is 0 Å². The fourth-order valence-corrected chi connectivity index (χ4v) is 2.07. The van der Waals surface area contributed by atoms with Gasteiger partial charge in [0.15, 0.2) is 0 Å². The summed E-state index contributed by atoms with van der Waals surface area (Å²) < 4.78 is 0. The molecule has 0 amide bonds. The minimum atomic E-state index is 0. The Morgan fingerprint density at radius 1 is 1.27 bits per heavy atom. The standard InChI is InChI=1S/C9H17Cl.Mg.2H/c1-2-3-8-4-6-9(10)7-5-8;;;/h8-9H,2-7H2,1H3;;;/q;+2;2*-1. The number of alkyl halides is 1. The molecule has 0 heterocycles. The molecule has 1 rings (SSSR count). The van der Waals surface area contributed by atoms with E-state index in [1.807, 2.05) is 0 Å². The van der Waals surface area contributed by atoms with E-state index >= 15 is 0 Å². The summed E-state index contributed by atoms with van der Waals surface area (Å²) in [4.78, 5) is 0. The van der Waals surface area contributed by atoms with Gasteiger partial charge in [-0.25, -0.2) is 0 Å². The average molecular weight is 187 g/mol. The van der Waals surface area contributed by atoms with Crippen LogP contribution in [0.15, 0.2) is 0 Å². The summed E-state index contributed by atoms with van der Waals surface area (Å²) in [5.41, 5.74) is 0. The smallest absolute Gasteiger partial charge is 1.00 e. The van der Waals surface area contributed by atoms with E-state index in [2.05, 4.69) is 6.92 Å². The predicted octanol–water partition coefficient (Wildman–Crippen LogP) is 3.43. The Morgan fingerprint density at radius 3 is 2.27 bits per heavy atom. The molecule has 0 aromatic carbocycles. The van der Waals surface area contributed by atoms with E-state index in [0.717, 1.165) is 5.92 Å². The maximum atomic E-state index is 5.98. The van der Waals surface area contributed by atoms with E-state index in [-0.39, 0.29) is 25.9 Å². The Hall–Kier alpha value is 1.06. The van der Waals surface area contributed by atoms with E-state index in [4.69, 9.17) is 11.6 Å². The third-order valence-corrected chi connectivity index (χ3v) is 2.91. The molecule has 0 radical (unpaired) electrons. The van der Waals surface area contributed by atoms with Gasteiger partial charge < -0.3 is 2.85 Å². The molecule has 0 unspecified atom stereocenters. The van der Waals surface area contributed by atoms with Gasteiger partial charge in [-0.05, 0) is 31.6 Å². The van der Waals surface area contributed by atoms with Crippen LogP contribution in [0.3, 0.4) is 0 Å². The van der Waals surface area contributed by atoms with Crippen LogP contribution in [0.25, 0.3) is 0 Å². The van der Waals surface area contributed by atoms with Crippen molar-refractivity contribution in [3.63, 3.8) is 0 Å². The fraction of sp³-hybridized carbons (Fsp3) is 1.00. The Morgan fingerprint density at radius 2 is 1.82 bits per heavy atom. The van der Waals surface area contributed by atoms with Gasteiger partial charge in [-0.3, -0.25) is 0 Å². The van der Waals surface area contributed by atoms with Crippen molar-refractivity contribution in [3.05, 3.63) is 0 Å². The van der Waals surface area contributed by atoms with E-state index < -0.39 is 0 Å². The molecule has 0 atom stereocenters. The molecular formula is C9H19ClMg. The van der Waals surface area contributed by atoms with E-state index in [9.17, 15) is 0 Å². The molecule has 0 saturated heterocycles. The summed E-state index contributed by atoms with van der Waals surface area (Å²) in [7, 11) is 0. The SMILES string of the molecule is CCCC1CCC(Cl)CC1.[H-].[H-].[Mg+2]. The summed E-state index contributed by atoms with van der Waals surface area (Å²) >= 11 is 5.98. The van der Waals surface area contributed by atoms with Gasteiger partial charge in [0.1, 0.15) is 0 Å². The molecule has 11 heavy (non-hydrogen) atoms. The molecule has 1 saturated carbocycles. The van der Waals surface area contributed by atoms with Crippen LogP contribution < -0.4 is 0 Å². The summed E-state index contributed by atoms with van der Waals surface area (Å²) in [5, 5.41) is 0.494. The third-order valence-electron chi connectivity index (χ3n) is 2.47. The van der Waals surface area contributed by atoms with Gasteiger partial charge in [-0.15, -0.1) is 11.6 Å². The summed E-state index contributed by atoms with van der Waals surface area (Å²) in [6.07, 6.45) is 8.03. The maximum Gasteiger partial charge on any atom is 2.00 e. The van der Waals surface area contributed by atoms with Gasteiger partial charge in [0, 0.05) is 5.38 Å². The van der Waals surface area contributed by atoms with Crippen molar-refractivity contribution in [2.24, 2.45) is 5.92 Å². The Bertz CT molecular complexity index is 95.6. The predicted molar refractivity (Wildman–Crippen MR) is 54.5 cm³/mol.